The maximum Gasteiger partial charge on any atom is 0.186 e. The summed E-state index contributed by atoms with van der Waals surface area (Å²) in [5.74, 6) is 5.12. The van der Waals surface area contributed by atoms with Crippen molar-refractivity contribution in [3.05, 3.63) is 35.1 Å². The molecule has 4 heteroatoms. The van der Waals surface area contributed by atoms with E-state index in [1.54, 1.807) is 0 Å². The van der Waals surface area contributed by atoms with Gasteiger partial charge in [0.05, 0.1) is 22.9 Å². The van der Waals surface area contributed by atoms with Crippen LogP contribution >= 0.6 is 11.8 Å². The molecule has 1 aromatic carbocycles. The van der Waals surface area contributed by atoms with Crippen molar-refractivity contribution in [3.63, 3.8) is 0 Å². The van der Waals surface area contributed by atoms with Gasteiger partial charge < -0.3 is 0 Å². The average Bonchev–Trinajstić information content (AvgIpc) is 2.25. The van der Waals surface area contributed by atoms with E-state index in [0.29, 0.717) is 5.75 Å². The lowest BCUT2D eigenvalue weighted by atomic mass is 10.1. The van der Waals surface area contributed by atoms with E-state index in [9.17, 15) is 9.18 Å². The molecule has 0 saturated heterocycles. The van der Waals surface area contributed by atoms with E-state index in [0.717, 1.165) is 17.8 Å². The Hall–Kier alpha value is -1.78. The lowest BCUT2D eigenvalue weighted by Crippen LogP contribution is -1.86. The van der Waals surface area contributed by atoms with Gasteiger partial charge in [-0.15, -0.1) is 0 Å². The lowest BCUT2D eigenvalue weighted by molar-refractivity contribution is -0.109. The van der Waals surface area contributed by atoms with Gasteiger partial charge in [-0.05, 0) is 18.2 Å². The summed E-state index contributed by atoms with van der Waals surface area (Å²) >= 11 is 1.08. The minimum atomic E-state index is -0.514. The first-order chi connectivity index (χ1) is 7.63. The zero-order valence-corrected chi connectivity index (χ0v) is 9.40. The number of halogens is 1. The van der Waals surface area contributed by atoms with Crippen molar-refractivity contribution >= 4 is 16.9 Å². The third kappa shape index (κ3) is 3.76. The van der Waals surface area contributed by atoms with Crippen LogP contribution in [0.1, 0.15) is 18.1 Å². The van der Waals surface area contributed by atoms with Gasteiger partial charge in [0.15, 0.2) is 5.12 Å². The molecule has 0 unspecified atom stereocenters. The summed E-state index contributed by atoms with van der Waals surface area (Å²) in [7, 11) is 0. The van der Waals surface area contributed by atoms with Gasteiger partial charge >= 0.3 is 0 Å². The van der Waals surface area contributed by atoms with Crippen LogP contribution < -0.4 is 0 Å². The predicted octanol–water partition coefficient (Wildman–Crippen LogP) is 2.33. The van der Waals surface area contributed by atoms with Gasteiger partial charge in [-0.1, -0.05) is 23.6 Å². The predicted molar refractivity (Wildman–Crippen MR) is 61.1 cm³/mol. The van der Waals surface area contributed by atoms with Crippen molar-refractivity contribution < 1.29 is 9.18 Å². The second-order valence-electron chi connectivity index (χ2n) is 2.89. The third-order valence-corrected chi connectivity index (χ3v) is 2.36. The van der Waals surface area contributed by atoms with Crippen LogP contribution in [0.5, 0.6) is 0 Å². The van der Waals surface area contributed by atoms with Gasteiger partial charge in [0, 0.05) is 6.92 Å². The van der Waals surface area contributed by atoms with Gasteiger partial charge in [-0.3, -0.25) is 4.79 Å². The van der Waals surface area contributed by atoms with Crippen molar-refractivity contribution in [3.8, 4) is 17.9 Å². The van der Waals surface area contributed by atoms with Crippen LogP contribution in [0, 0.1) is 29.0 Å². The fourth-order valence-electron chi connectivity index (χ4n) is 0.955. The van der Waals surface area contributed by atoms with Crippen molar-refractivity contribution in [2.24, 2.45) is 0 Å². The molecule has 80 valence electrons. The lowest BCUT2D eigenvalue weighted by Gasteiger charge is -1.94. The molecule has 0 aliphatic carbocycles. The first-order valence-corrected chi connectivity index (χ1v) is 5.44. The zero-order chi connectivity index (χ0) is 12.0. The number of carbonyl (C=O) groups excluding carboxylic acids is 1. The summed E-state index contributed by atoms with van der Waals surface area (Å²) < 4.78 is 13.3. The molecule has 0 amide bonds. The summed E-state index contributed by atoms with van der Waals surface area (Å²) in [5, 5.41) is 8.52. The number of nitriles is 1. The maximum absolute atomic E-state index is 13.3. The van der Waals surface area contributed by atoms with Crippen LogP contribution in [0.3, 0.4) is 0 Å². The molecule has 0 spiro atoms. The van der Waals surface area contributed by atoms with Gasteiger partial charge in [0.2, 0.25) is 0 Å². The topological polar surface area (TPSA) is 40.9 Å². The summed E-state index contributed by atoms with van der Waals surface area (Å²) in [6.07, 6.45) is 0. The Bertz CT molecular complexity index is 508. The molecule has 0 bridgehead atoms. The molecule has 16 heavy (non-hydrogen) atoms. The molecule has 0 aliphatic heterocycles. The minimum absolute atomic E-state index is 0.0189. The van der Waals surface area contributed by atoms with E-state index in [2.05, 4.69) is 11.8 Å². The highest BCUT2D eigenvalue weighted by Gasteiger charge is 2.00. The Morgan fingerprint density at radius 2 is 2.31 bits per heavy atom. The molecule has 0 aliphatic rings. The number of rotatable bonds is 1. The van der Waals surface area contributed by atoms with Gasteiger partial charge in [-0.2, -0.15) is 5.26 Å². The highest BCUT2D eigenvalue weighted by atomic mass is 32.2. The van der Waals surface area contributed by atoms with Crippen LogP contribution in [0.25, 0.3) is 0 Å². The summed E-state index contributed by atoms with van der Waals surface area (Å²) in [6.45, 7) is 1.45. The maximum atomic E-state index is 13.3. The van der Waals surface area contributed by atoms with E-state index < -0.39 is 5.82 Å². The smallest absolute Gasteiger partial charge is 0.186 e. The number of carbonyl (C=O) groups is 1. The highest BCUT2D eigenvalue weighted by molar-refractivity contribution is 8.13. The molecular formula is C12H8FNOS. The number of hydrogen-bond donors (Lipinski definition) is 0. The fraction of sp³-hybridized carbons (Fsp3) is 0.167. The van der Waals surface area contributed by atoms with Gasteiger partial charge in [-0.25, -0.2) is 4.39 Å². The Labute approximate surface area is 97.5 Å². The number of benzene rings is 1. The molecule has 1 aromatic rings. The van der Waals surface area contributed by atoms with Crippen LogP contribution in [-0.4, -0.2) is 10.9 Å². The zero-order valence-electron chi connectivity index (χ0n) is 8.58. The Morgan fingerprint density at radius 3 is 2.88 bits per heavy atom. The van der Waals surface area contributed by atoms with Crippen LogP contribution in [0.2, 0.25) is 0 Å². The summed E-state index contributed by atoms with van der Waals surface area (Å²) in [5.41, 5.74) is 0.504. The van der Waals surface area contributed by atoms with Gasteiger partial charge in [0.1, 0.15) is 5.82 Å². The Balaban J connectivity index is 2.75. The highest BCUT2D eigenvalue weighted by Crippen LogP contribution is 2.08. The van der Waals surface area contributed by atoms with E-state index >= 15 is 0 Å². The fourth-order valence-corrected chi connectivity index (χ4v) is 1.30. The first-order valence-electron chi connectivity index (χ1n) is 4.45. The second-order valence-corrected chi connectivity index (χ2v) is 4.04. The Morgan fingerprint density at radius 1 is 1.56 bits per heavy atom. The molecule has 0 aromatic heterocycles. The summed E-state index contributed by atoms with van der Waals surface area (Å²) in [6, 6.07) is 5.94. The van der Waals surface area contributed by atoms with E-state index in [1.807, 2.05) is 6.07 Å². The average molecular weight is 233 g/mol. The summed E-state index contributed by atoms with van der Waals surface area (Å²) in [4.78, 5) is 10.6. The molecule has 0 atom stereocenters. The van der Waals surface area contributed by atoms with Crippen LogP contribution in [-0.2, 0) is 4.79 Å². The molecular weight excluding hydrogens is 225 g/mol. The third-order valence-electron chi connectivity index (χ3n) is 1.67. The van der Waals surface area contributed by atoms with Crippen molar-refractivity contribution in [2.45, 2.75) is 6.92 Å². The van der Waals surface area contributed by atoms with Crippen molar-refractivity contribution in [2.75, 3.05) is 5.75 Å². The Kier molecular flexibility index (Phi) is 4.57. The SMILES string of the molecule is CC(=O)SCC#Cc1ccc(C#N)cc1F. The normalized spacial score (nSPS) is 8.81. The van der Waals surface area contributed by atoms with Crippen LogP contribution in [0.4, 0.5) is 4.39 Å². The second kappa shape index (κ2) is 5.95. The molecule has 0 fully saturated rings. The van der Waals surface area contributed by atoms with Gasteiger partial charge in [0.25, 0.3) is 0 Å². The molecule has 0 N–H and O–H groups in total. The first kappa shape index (κ1) is 12.3. The largest absolute Gasteiger partial charge is 0.288 e. The van der Waals surface area contributed by atoms with E-state index in [1.165, 1.54) is 19.1 Å². The van der Waals surface area contributed by atoms with E-state index in [4.69, 9.17) is 5.26 Å². The molecule has 2 nitrogen and oxygen atoms in total. The van der Waals surface area contributed by atoms with E-state index in [-0.39, 0.29) is 16.2 Å². The standard InChI is InChI=1S/C12H8FNOS/c1-9(15)16-6-2-3-11-5-4-10(8-14)7-12(11)13/h4-5,7H,6H2,1H3. The molecule has 0 saturated carbocycles. The van der Waals surface area contributed by atoms with Crippen molar-refractivity contribution in [1.29, 1.82) is 5.26 Å². The van der Waals surface area contributed by atoms with Crippen LogP contribution in [0.15, 0.2) is 18.2 Å². The molecule has 0 radical (unpaired) electrons. The minimum Gasteiger partial charge on any atom is -0.288 e. The van der Waals surface area contributed by atoms with Crippen molar-refractivity contribution in [1.82, 2.24) is 0 Å². The molecule has 0 heterocycles. The molecule has 1 rings (SSSR count). The number of nitrogens with zero attached hydrogens (tertiary/aromatic N) is 1. The number of hydrogen-bond acceptors (Lipinski definition) is 3. The number of thioether (sulfide) groups is 1. The quantitative estimate of drug-likeness (QED) is 0.699. The monoisotopic (exact) mass is 233 g/mol.